The molecular formula is C21H24N2O2. The van der Waals surface area contributed by atoms with Gasteiger partial charge in [0.05, 0.1) is 0 Å². The Kier molecular flexibility index (Phi) is 4.88. The van der Waals surface area contributed by atoms with Crippen LogP contribution in [0.5, 0.6) is 0 Å². The summed E-state index contributed by atoms with van der Waals surface area (Å²) in [5.74, 6) is 0.189. The molecule has 0 bridgehead atoms. The monoisotopic (exact) mass is 336 g/mol. The Morgan fingerprint density at radius 2 is 1.36 bits per heavy atom. The normalized spacial score (nSPS) is 14.5. The molecule has 130 valence electrons. The number of piperazine rings is 1. The van der Waals surface area contributed by atoms with E-state index < -0.39 is 0 Å². The lowest BCUT2D eigenvalue weighted by molar-refractivity contribution is 0.0746. The maximum Gasteiger partial charge on any atom is 0.253 e. The van der Waals surface area contributed by atoms with Crippen molar-refractivity contribution >= 4 is 17.4 Å². The van der Waals surface area contributed by atoms with Crippen LogP contribution < -0.4 is 4.90 Å². The Hall–Kier alpha value is -2.62. The minimum absolute atomic E-state index is 0.0791. The van der Waals surface area contributed by atoms with Crippen molar-refractivity contribution in [1.29, 1.82) is 0 Å². The van der Waals surface area contributed by atoms with Gasteiger partial charge in [-0.25, -0.2) is 0 Å². The largest absolute Gasteiger partial charge is 0.368 e. The minimum Gasteiger partial charge on any atom is -0.368 e. The first-order chi connectivity index (χ1) is 11.9. The maximum atomic E-state index is 12.7. The van der Waals surface area contributed by atoms with Crippen LogP contribution in [0, 0.1) is 13.8 Å². The van der Waals surface area contributed by atoms with Gasteiger partial charge in [0.2, 0.25) is 0 Å². The Labute approximate surface area is 149 Å². The second-order valence-corrected chi connectivity index (χ2v) is 6.76. The van der Waals surface area contributed by atoms with Gasteiger partial charge in [0.25, 0.3) is 5.91 Å². The molecule has 1 aliphatic heterocycles. The minimum atomic E-state index is 0.0791. The van der Waals surface area contributed by atoms with Gasteiger partial charge in [-0.3, -0.25) is 9.59 Å². The molecule has 0 atom stereocenters. The van der Waals surface area contributed by atoms with Gasteiger partial charge in [-0.15, -0.1) is 0 Å². The number of hydrogen-bond acceptors (Lipinski definition) is 3. The van der Waals surface area contributed by atoms with Gasteiger partial charge in [0, 0.05) is 43.0 Å². The van der Waals surface area contributed by atoms with Crippen molar-refractivity contribution in [1.82, 2.24) is 4.90 Å². The van der Waals surface area contributed by atoms with E-state index in [0.29, 0.717) is 13.1 Å². The molecule has 1 aliphatic rings. The Balaban J connectivity index is 1.65. The highest BCUT2D eigenvalue weighted by Gasteiger charge is 2.22. The SMILES string of the molecule is CC(=O)c1ccc(N2CCN(C(=O)c3cc(C)cc(C)c3)CC2)cc1. The van der Waals surface area contributed by atoms with E-state index in [1.54, 1.807) is 6.92 Å². The quantitative estimate of drug-likeness (QED) is 0.806. The van der Waals surface area contributed by atoms with Crippen LogP contribution in [-0.4, -0.2) is 42.8 Å². The summed E-state index contributed by atoms with van der Waals surface area (Å²) in [7, 11) is 0. The summed E-state index contributed by atoms with van der Waals surface area (Å²) in [4.78, 5) is 28.3. The summed E-state index contributed by atoms with van der Waals surface area (Å²) in [5.41, 5.74) is 4.84. The molecule has 2 aromatic carbocycles. The molecular weight excluding hydrogens is 312 g/mol. The number of rotatable bonds is 3. The van der Waals surface area contributed by atoms with Gasteiger partial charge in [-0.2, -0.15) is 0 Å². The van der Waals surface area contributed by atoms with E-state index in [1.807, 2.05) is 55.1 Å². The zero-order valence-corrected chi connectivity index (χ0v) is 15.1. The highest BCUT2D eigenvalue weighted by atomic mass is 16.2. The molecule has 0 saturated carbocycles. The molecule has 0 aliphatic carbocycles. The lowest BCUT2D eigenvalue weighted by Crippen LogP contribution is -2.48. The molecule has 0 radical (unpaired) electrons. The van der Waals surface area contributed by atoms with Crippen molar-refractivity contribution in [3.63, 3.8) is 0 Å². The summed E-state index contributed by atoms with van der Waals surface area (Å²) >= 11 is 0. The molecule has 1 amide bonds. The summed E-state index contributed by atoms with van der Waals surface area (Å²) in [6.07, 6.45) is 0. The predicted molar refractivity (Wildman–Crippen MR) is 100 cm³/mol. The summed E-state index contributed by atoms with van der Waals surface area (Å²) in [6.45, 7) is 8.64. The van der Waals surface area contributed by atoms with E-state index in [1.165, 1.54) is 0 Å². The first-order valence-electron chi connectivity index (χ1n) is 8.67. The molecule has 4 nitrogen and oxygen atoms in total. The molecule has 1 saturated heterocycles. The van der Waals surface area contributed by atoms with Crippen LogP contribution in [0.15, 0.2) is 42.5 Å². The lowest BCUT2D eigenvalue weighted by atomic mass is 10.1. The van der Waals surface area contributed by atoms with E-state index in [9.17, 15) is 9.59 Å². The van der Waals surface area contributed by atoms with Crippen LogP contribution in [0.3, 0.4) is 0 Å². The van der Waals surface area contributed by atoms with E-state index in [-0.39, 0.29) is 11.7 Å². The van der Waals surface area contributed by atoms with Crippen LogP contribution in [0.1, 0.15) is 38.8 Å². The third-order valence-electron chi connectivity index (χ3n) is 4.67. The lowest BCUT2D eigenvalue weighted by Gasteiger charge is -2.36. The topological polar surface area (TPSA) is 40.6 Å². The van der Waals surface area contributed by atoms with Gasteiger partial charge in [-0.1, -0.05) is 17.2 Å². The molecule has 0 spiro atoms. The predicted octanol–water partition coefficient (Wildman–Crippen LogP) is 3.47. The molecule has 0 unspecified atom stereocenters. The van der Waals surface area contributed by atoms with Crippen LogP contribution in [-0.2, 0) is 0 Å². The number of aryl methyl sites for hydroxylation is 2. The maximum absolute atomic E-state index is 12.7. The van der Waals surface area contributed by atoms with Crippen molar-refractivity contribution in [2.24, 2.45) is 0 Å². The van der Waals surface area contributed by atoms with Crippen molar-refractivity contribution in [3.05, 3.63) is 64.7 Å². The fraction of sp³-hybridized carbons (Fsp3) is 0.333. The molecule has 0 aromatic heterocycles. The number of ketones is 1. The van der Waals surface area contributed by atoms with Crippen LogP contribution in [0.25, 0.3) is 0 Å². The Morgan fingerprint density at radius 3 is 1.88 bits per heavy atom. The summed E-state index contributed by atoms with van der Waals surface area (Å²) in [5, 5.41) is 0. The van der Waals surface area contributed by atoms with E-state index >= 15 is 0 Å². The molecule has 2 aromatic rings. The van der Waals surface area contributed by atoms with Crippen molar-refractivity contribution in [3.8, 4) is 0 Å². The number of anilines is 1. The number of hydrogen-bond donors (Lipinski definition) is 0. The number of amides is 1. The van der Waals surface area contributed by atoms with Gasteiger partial charge < -0.3 is 9.80 Å². The van der Waals surface area contributed by atoms with Gasteiger partial charge >= 0.3 is 0 Å². The van der Waals surface area contributed by atoms with Gasteiger partial charge in [0.15, 0.2) is 5.78 Å². The highest BCUT2D eigenvalue weighted by Crippen LogP contribution is 2.19. The van der Waals surface area contributed by atoms with Crippen LogP contribution in [0.2, 0.25) is 0 Å². The zero-order valence-electron chi connectivity index (χ0n) is 15.1. The average Bonchev–Trinajstić information content (AvgIpc) is 2.60. The van der Waals surface area contributed by atoms with Gasteiger partial charge in [-0.05, 0) is 57.2 Å². The molecule has 0 N–H and O–H groups in total. The smallest absolute Gasteiger partial charge is 0.253 e. The highest BCUT2D eigenvalue weighted by molar-refractivity contribution is 5.95. The second-order valence-electron chi connectivity index (χ2n) is 6.76. The summed E-state index contributed by atoms with van der Waals surface area (Å²) in [6, 6.07) is 13.7. The number of carbonyl (C=O) groups excluding carboxylic acids is 2. The number of nitrogens with zero attached hydrogens (tertiary/aromatic N) is 2. The second kappa shape index (κ2) is 7.09. The standard InChI is InChI=1S/C21H24N2O2/c1-15-12-16(2)14-19(13-15)21(25)23-10-8-22(9-11-23)20-6-4-18(5-7-20)17(3)24/h4-7,12-14H,8-11H2,1-3H3. The first-order valence-corrected chi connectivity index (χ1v) is 8.67. The van der Waals surface area contributed by atoms with E-state index in [2.05, 4.69) is 11.0 Å². The third kappa shape index (κ3) is 3.90. The number of benzene rings is 2. The summed E-state index contributed by atoms with van der Waals surface area (Å²) < 4.78 is 0. The van der Waals surface area contributed by atoms with Crippen LogP contribution >= 0.6 is 0 Å². The van der Waals surface area contributed by atoms with E-state index in [4.69, 9.17) is 0 Å². The van der Waals surface area contributed by atoms with Crippen LogP contribution in [0.4, 0.5) is 5.69 Å². The third-order valence-corrected chi connectivity index (χ3v) is 4.67. The number of carbonyl (C=O) groups is 2. The molecule has 4 heteroatoms. The average molecular weight is 336 g/mol. The molecule has 1 fully saturated rings. The van der Waals surface area contributed by atoms with Gasteiger partial charge in [0.1, 0.15) is 0 Å². The van der Waals surface area contributed by atoms with E-state index in [0.717, 1.165) is 41.0 Å². The molecule has 1 heterocycles. The molecule has 3 rings (SSSR count). The van der Waals surface area contributed by atoms with Crippen molar-refractivity contribution < 1.29 is 9.59 Å². The molecule has 25 heavy (non-hydrogen) atoms. The zero-order chi connectivity index (χ0) is 18.0. The van der Waals surface area contributed by atoms with Crippen molar-refractivity contribution in [2.75, 3.05) is 31.1 Å². The Bertz CT molecular complexity index is 768. The fourth-order valence-corrected chi connectivity index (χ4v) is 3.36. The fourth-order valence-electron chi connectivity index (χ4n) is 3.36. The van der Waals surface area contributed by atoms with Crippen molar-refractivity contribution in [2.45, 2.75) is 20.8 Å². The number of Topliss-reactive ketones (excluding diaryl/α,β-unsaturated/α-hetero) is 1. The first kappa shape index (κ1) is 17.2. The Morgan fingerprint density at radius 1 is 0.800 bits per heavy atom.